The molecule has 1 N–H and O–H groups in total. The third-order valence-corrected chi connectivity index (χ3v) is 4.54. The van der Waals surface area contributed by atoms with Crippen molar-refractivity contribution in [1.82, 2.24) is 4.90 Å². The highest BCUT2D eigenvalue weighted by atomic mass is 16.6. The monoisotopic (exact) mass is 342 g/mol. The number of nitro benzene ring substituents is 1. The average molecular weight is 342 g/mol. The molecule has 1 aliphatic rings. The van der Waals surface area contributed by atoms with Crippen LogP contribution in [0.4, 0.5) is 5.69 Å². The second-order valence-corrected chi connectivity index (χ2v) is 6.29. The van der Waals surface area contributed by atoms with Gasteiger partial charge >= 0.3 is 0 Å². The van der Waals surface area contributed by atoms with E-state index in [-0.39, 0.29) is 16.7 Å². The number of rotatable bonds is 6. The number of nitro groups is 1. The number of morpholine rings is 1. The Morgan fingerprint density at radius 2 is 2.04 bits per heavy atom. The molecular formula is C19H22N2O4. The van der Waals surface area contributed by atoms with Crippen LogP contribution in [-0.4, -0.2) is 40.7 Å². The first-order chi connectivity index (χ1) is 12.1. The number of non-ortho nitro benzene ring substituents is 1. The molecule has 1 heterocycles. The van der Waals surface area contributed by atoms with Gasteiger partial charge in [-0.15, -0.1) is 0 Å². The molecule has 0 aromatic heterocycles. The second-order valence-electron chi connectivity index (χ2n) is 6.29. The summed E-state index contributed by atoms with van der Waals surface area (Å²) in [5.74, 6) is 0. The molecule has 132 valence electrons. The topological polar surface area (TPSA) is 75.8 Å². The number of aliphatic hydroxyl groups excluding tert-OH is 1. The Morgan fingerprint density at radius 3 is 2.80 bits per heavy atom. The van der Waals surface area contributed by atoms with Gasteiger partial charge in [0.15, 0.2) is 0 Å². The van der Waals surface area contributed by atoms with Crippen molar-refractivity contribution >= 4 is 5.69 Å². The van der Waals surface area contributed by atoms with Gasteiger partial charge in [-0.1, -0.05) is 42.5 Å². The van der Waals surface area contributed by atoms with E-state index in [0.29, 0.717) is 26.2 Å². The minimum Gasteiger partial charge on any atom is -0.388 e. The molecular weight excluding hydrogens is 320 g/mol. The highest BCUT2D eigenvalue weighted by molar-refractivity contribution is 5.34. The van der Waals surface area contributed by atoms with Gasteiger partial charge in [0.1, 0.15) is 0 Å². The molecule has 1 aliphatic heterocycles. The molecule has 2 unspecified atom stereocenters. The Labute approximate surface area is 146 Å². The van der Waals surface area contributed by atoms with Crippen LogP contribution >= 0.6 is 0 Å². The minimum absolute atomic E-state index is 0.0724. The number of hydrogen-bond acceptors (Lipinski definition) is 5. The quantitative estimate of drug-likeness (QED) is 0.645. The molecule has 2 atom stereocenters. The lowest BCUT2D eigenvalue weighted by molar-refractivity contribution is -0.384. The van der Waals surface area contributed by atoms with Crippen LogP contribution in [0.2, 0.25) is 0 Å². The largest absolute Gasteiger partial charge is 0.388 e. The Kier molecular flexibility index (Phi) is 5.75. The predicted octanol–water partition coefficient (Wildman–Crippen LogP) is 2.92. The maximum atomic E-state index is 11.0. The first-order valence-electron chi connectivity index (χ1n) is 8.41. The summed E-state index contributed by atoms with van der Waals surface area (Å²) in [6.07, 6.45) is 0.0133. The zero-order valence-corrected chi connectivity index (χ0v) is 14.0. The Hall–Kier alpha value is -2.28. The van der Waals surface area contributed by atoms with E-state index in [1.54, 1.807) is 12.1 Å². The summed E-state index contributed by atoms with van der Waals surface area (Å²) in [7, 11) is 0. The van der Waals surface area contributed by atoms with Gasteiger partial charge < -0.3 is 9.84 Å². The van der Waals surface area contributed by atoms with Gasteiger partial charge in [0, 0.05) is 31.3 Å². The zero-order valence-electron chi connectivity index (χ0n) is 14.0. The first-order valence-corrected chi connectivity index (χ1v) is 8.41. The van der Waals surface area contributed by atoms with Gasteiger partial charge in [-0.25, -0.2) is 0 Å². The van der Waals surface area contributed by atoms with Crippen LogP contribution in [0.25, 0.3) is 0 Å². The molecule has 1 saturated heterocycles. The van der Waals surface area contributed by atoms with Crippen molar-refractivity contribution in [3.8, 4) is 0 Å². The number of ether oxygens (including phenoxy) is 1. The van der Waals surface area contributed by atoms with E-state index in [1.165, 1.54) is 6.07 Å². The second kappa shape index (κ2) is 8.20. The molecule has 6 nitrogen and oxygen atoms in total. The van der Waals surface area contributed by atoms with Crippen molar-refractivity contribution in [2.45, 2.75) is 25.1 Å². The fourth-order valence-corrected chi connectivity index (χ4v) is 3.19. The van der Waals surface area contributed by atoms with Crippen LogP contribution < -0.4 is 0 Å². The van der Waals surface area contributed by atoms with Crippen molar-refractivity contribution in [3.05, 3.63) is 75.8 Å². The molecule has 0 radical (unpaired) electrons. The lowest BCUT2D eigenvalue weighted by atomic mass is 10.00. The minimum atomic E-state index is -0.555. The smallest absolute Gasteiger partial charge is 0.269 e. The number of aliphatic hydroxyl groups is 1. The van der Waals surface area contributed by atoms with E-state index in [0.717, 1.165) is 17.7 Å². The lowest BCUT2D eigenvalue weighted by Crippen LogP contribution is -2.45. The summed E-state index contributed by atoms with van der Waals surface area (Å²) in [6, 6.07) is 16.4. The van der Waals surface area contributed by atoms with Crippen LogP contribution in [0.3, 0.4) is 0 Å². The highest BCUT2D eigenvalue weighted by Crippen LogP contribution is 2.24. The van der Waals surface area contributed by atoms with Gasteiger partial charge in [-0.2, -0.15) is 0 Å². The highest BCUT2D eigenvalue weighted by Gasteiger charge is 2.26. The molecule has 1 fully saturated rings. The molecule has 25 heavy (non-hydrogen) atoms. The van der Waals surface area contributed by atoms with Gasteiger partial charge in [-0.05, 0) is 17.5 Å². The fraction of sp³-hybridized carbons (Fsp3) is 0.368. The van der Waals surface area contributed by atoms with E-state index in [4.69, 9.17) is 4.74 Å². The third kappa shape index (κ3) is 4.63. The van der Waals surface area contributed by atoms with Gasteiger partial charge in [-0.3, -0.25) is 15.0 Å². The van der Waals surface area contributed by atoms with Crippen LogP contribution in [0, 0.1) is 10.1 Å². The van der Waals surface area contributed by atoms with Crippen LogP contribution in [0.15, 0.2) is 54.6 Å². The molecule has 6 heteroatoms. The molecule has 3 rings (SSSR count). The van der Waals surface area contributed by atoms with Gasteiger partial charge in [0.05, 0.1) is 24.2 Å². The Balaban J connectivity index is 1.68. The van der Waals surface area contributed by atoms with E-state index >= 15 is 0 Å². The molecule has 0 saturated carbocycles. The summed E-state index contributed by atoms with van der Waals surface area (Å²) < 4.78 is 5.59. The summed E-state index contributed by atoms with van der Waals surface area (Å²) in [5, 5.41) is 21.5. The van der Waals surface area contributed by atoms with Crippen molar-refractivity contribution in [2.75, 3.05) is 19.8 Å². The van der Waals surface area contributed by atoms with Gasteiger partial charge in [0.2, 0.25) is 0 Å². The fourth-order valence-electron chi connectivity index (χ4n) is 3.19. The molecule has 2 aromatic rings. The number of nitrogens with zero attached hydrogens (tertiary/aromatic N) is 2. The maximum absolute atomic E-state index is 11.0. The maximum Gasteiger partial charge on any atom is 0.269 e. The van der Waals surface area contributed by atoms with Crippen LogP contribution in [0.1, 0.15) is 23.7 Å². The van der Waals surface area contributed by atoms with Crippen molar-refractivity contribution in [2.24, 2.45) is 0 Å². The molecule has 0 aliphatic carbocycles. The summed E-state index contributed by atoms with van der Waals surface area (Å²) in [5.41, 5.74) is 1.89. The Morgan fingerprint density at radius 1 is 1.24 bits per heavy atom. The summed E-state index contributed by atoms with van der Waals surface area (Å²) >= 11 is 0. The van der Waals surface area contributed by atoms with Crippen molar-refractivity contribution < 1.29 is 14.8 Å². The normalized spacial score (nSPS) is 19.5. The summed E-state index contributed by atoms with van der Waals surface area (Å²) in [6.45, 7) is 2.54. The average Bonchev–Trinajstić information content (AvgIpc) is 2.64. The molecule has 0 amide bonds. The Bertz CT molecular complexity index is 708. The molecule has 0 bridgehead atoms. The predicted molar refractivity (Wildman–Crippen MR) is 94.1 cm³/mol. The lowest BCUT2D eigenvalue weighted by Gasteiger charge is -2.36. The van der Waals surface area contributed by atoms with E-state index in [1.807, 2.05) is 36.4 Å². The van der Waals surface area contributed by atoms with E-state index < -0.39 is 6.10 Å². The molecule has 2 aromatic carbocycles. The number of benzene rings is 2. The van der Waals surface area contributed by atoms with Crippen LogP contribution in [0.5, 0.6) is 0 Å². The standard InChI is InChI=1S/C19H22N2O4/c22-19(16-6-2-1-3-7-16)12-18-14-25-10-9-20(18)13-15-5-4-8-17(11-15)21(23)24/h1-8,11,18-19,22H,9-10,12-14H2. The van der Waals surface area contributed by atoms with Gasteiger partial charge in [0.25, 0.3) is 5.69 Å². The molecule has 0 spiro atoms. The van der Waals surface area contributed by atoms with Crippen LogP contribution in [-0.2, 0) is 11.3 Å². The van der Waals surface area contributed by atoms with E-state index in [9.17, 15) is 15.2 Å². The zero-order chi connectivity index (χ0) is 17.6. The van der Waals surface area contributed by atoms with E-state index in [2.05, 4.69) is 4.90 Å². The van der Waals surface area contributed by atoms with Crippen molar-refractivity contribution in [3.63, 3.8) is 0 Å². The van der Waals surface area contributed by atoms with Crippen molar-refractivity contribution in [1.29, 1.82) is 0 Å². The SMILES string of the molecule is O=[N+]([O-])c1cccc(CN2CCOCC2CC(O)c2ccccc2)c1. The number of hydrogen-bond donors (Lipinski definition) is 1. The first kappa shape index (κ1) is 17.5. The summed E-state index contributed by atoms with van der Waals surface area (Å²) in [4.78, 5) is 12.8. The third-order valence-electron chi connectivity index (χ3n) is 4.54.